The van der Waals surface area contributed by atoms with Gasteiger partial charge in [-0.25, -0.2) is 19.9 Å². The number of hydrogen-bond donors (Lipinski definition) is 1. The van der Waals surface area contributed by atoms with Gasteiger partial charge in [0, 0.05) is 18.0 Å². The normalized spacial score (nSPS) is 11.5. The van der Waals surface area contributed by atoms with Crippen LogP contribution in [0.4, 0.5) is 5.82 Å². The Bertz CT molecular complexity index is 1490. The highest BCUT2D eigenvalue weighted by Gasteiger charge is 2.19. The Morgan fingerprint density at radius 1 is 0.968 bits per heavy atom. The number of fused-ring (bicyclic) bond motifs is 2. The summed E-state index contributed by atoms with van der Waals surface area (Å²) in [5.41, 5.74) is 11.0. The highest BCUT2D eigenvalue weighted by molar-refractivity contribution is 7.21. The van der Waals surface area contributed by atoms with Crippen molar-refractivity contribution in [3.05, 3.63) is 85.3 Å². The summed E-state index contributed by atoms with van der Waals surface area (Å²) in [4.78, 5) is 20.0. The number of nitrogens with two attached hydrogens (primary N) is 1. The van der Waals surface area contributed by atoms with Crippen LogP contribution in [-0.4, -0.2) is 28.9 Å². The van der Waals surface area contributed by atoms with Crippen molar-refractivity contribution in [3.63, 3.8) is 0 Å². The van der Waals surface area contributed by atoms with E-state index in [1.165, 1.54) is 6.33 Å². The van der Waals surface area contributed by atoms with Crippen molar-refractivity contribution in [2.24, 2.45) is 0 Å². The van der Waals surface area contributed by atoms with E-state index in [0.717, 1.165) is 43.4 Å². The lowest BCUT2D eigenvalue weighted by Gasteiger charge is -2.07. The first-order chi connectivity index (χ1) is 15.3. The number of nitrogens with zero attached hydrogens (tertiary/aromatic N) is 6. The van der Waals surface area contributed by atoms with Crippen LogP contribution >= 0.6 is 11.3 Å². The fraction of sp³-hybridized carbons (Fsp3) is 0.0435. The van der Waals surface area contributed by atoms with E-state index in [1.807, 2.05) is 53.3 Å². The Kier molecular flexibility index (Phi) is 4.03. The van der Waals surface area contributed by atoms with Crippen molar-refractivity contribution in [1.29, 1.82) is 0 Å². The molecule has 5 aromatic heterocycles. The molecule has 6 aromatic rings. The smallest absolute Gasteiger partial charge is 0.137 e. The van der Waals surface area contributed by atoms with Gasteiger partial charge in [0.25, 0.3) is 0 Å². The number of pyridine rings is 1. The van der Waals surface area contributed by atoms with E-state index in [9.17, 15) is 0 Å². The second-order valence-electron chi connectivity index (χ2n) is 7.22. The molecular formula is C23H17N7S. The summed E-state index contributed by atoms with van der Waals surface area (Å²) >= 11 is 1.59. The summed E-state index contributed by atoms with van der Waals surface area (Å²) in [7, 11) is 0. The molecule has 0 aliphatic rings. The Balaban J connectivity index is 1.52. The second kappa shape index (κ2) is 7.03. The molecule has 0 spiro atoms. The average Bonchev–Trinajstić information content (AvgIpc) is 3.50. The van der Waals surface area contributed by atoms with E-state index in [2.05, 4.69) is 38.9 Å². The van der Waals surface area contributed by atoms with E-state index in [1.54, 1.807) is 11.3 Å². The first-order valence-corrected chi connectivity index (χ1v) is 10.6. The third-order valence-electron chi connectivity index (χ3n) is 5.22. The summed E-state index contributed by atoms with van der Waals surface area (Å²) in [6.45, 7) is 0.603. The molecule has 31 heavy (non-hydrogen) atoms. The lowest BCUT2D eigenvalue weighted by Crippen LogP contribution is -2.00. The van der Waals surface area contributed by atoms with Crippen molar-refractivity contribution in [2.75, 3.05) is 5.73 Å². The molecule has 150 valence electrons. The minimum absolute atomic E-state index is 0.486. The summed E-state index contributed by atoms with van der Waals surface area (Å²) in [6, 6.07) is 18.2. The number of rotatable bonds is 4. The van der Waals surface area contributed by atoms with Crippen LogP contribution in [0.2, 0.25) is 0 Å². The van der Waals surface area contributed by atoms with Crippen molar-refractivity contribution >= 4 is 33.0 Å². The zero-order valence-corrected chi connectivity index (χ0v) is 17.2. The fourth-order valence-corrected chi connectivity index (χ4v) is 4.87. The molecule has 0 atom stereocenters. The highest BCUT2D eigenvalue weighted by Crippen LogP contribution is 2.39. The first-order valence-electron chi connectivity index (χ1n) is 9.80. The molecule has 0 unspecified atom stereocenters. The SMILES string of the molecule is Nc1ncnc2sc(-c3c(-c4ccccc4)ncn3Cc3cn4ccccc4n3)cc12. The molecule has 0 aliphatic heterocycles. The number of imidazole rings is 2. The molecule has 5 heterocycles. The lowest BCUT2D eigenvalue weighted by atomic mass is 10.1. The molecule has 0 saturated carbocycles. The van der Waals surface area contributed by atoms with E-state index < -0.39 is 0 Å². The molecule has 0 aliphatic carbocycles. The van der Waals surface area contributed by atoms with Gasteiger partial charge in [0.05, 0.1) is 40.2 Å². The minimum atomic E-state index is 0.486. The van der Waals surface area contributed by atoms with E-state index in [4.69, 9.17) is 15.7 Å². The monoisotopic (exact) mass is 423 g/mol. The van der Waals surface area contributed by atoms with Crippen molar-refractivity contribution < 1.29 is 0 Å². The van der Waals surface area contributed by atoms with Gasteiger partial charge < -0.3 is 14.7 Å². The topological polar surface area (TPSA) is 86.9 Å². The molecule has 1 aromatic carbocycles. The molecule has 0 fully saturated rings. The van der Waals surface area contributed by atoms with Gasteiger partial charge in [0.2, 0.25) is 0 Å². The van der Waals surface area contributed by atoms with Crippen LogP contribution in [-0.2, 0) is 6.54 Å². The minimum Gasteiger partial charge on any atom is -0.383 e. The van der Waals surface area contributed by atoms with Crippen LogP contribution in [0.1, 0.15) is 5.69 Å². The van der Waals surface area contributed by atoms with Gasteiger partial charge in [-0.2, -0.15) is 0 Å². The number of hydrogen-bond acceptors (Lipinski definition) is 6. The predicted octanol–water partition coefficient (Wildman–Crippen LogP) is 4.50. The zero-order valence-electron chi connectivity index (χ0n) is 16.4. The molecule has 0 radical (unpaired) electrons. The Labute approximate surface area is 181 Å². The van der Waals surface area contributed by atoms with Crippen molar-refractivity contribution in [1.82, 2.24) is 28.9 Å². The fourth-order valence-electron chi connectivity index (χ4n) is 3.80. The largest absolute Gasteiger partial charge is 0.383 e. The van der Waals surface area contributed by atoms with Crippen LogP contribution in [0, 0.1) is 0 Å². The van der Waals surface area contributed by atoms with Crippen molar-refractivity contribution in [2.45, 2.75) is 6.54 Å². The van der Waals surface area contributed by atoms with Crippen LogP contribution in [0.3, 0.4) is 0 Å². The molecule has 6 rings (SSSR count). The first kappa shape index (κ1) is 17.8. The molecule has 8 heteroatoms. The number of nitrogen functional groups attached to an aromatic ring is 1. The van der Waals surface area contributed by atoms with Crippen LogP contribution in [0.5, 0.6) is 0 Å². The summed E-state index contributed by atoms with van der Waals surface area (Å²) in [6.07, 6.45) is 7.43. The van der Waals surface area contributed by atoms with Gasteiger partial charge in [-0.1, -0.05) is 36.4 Å². The highest BCUT2D eigenvalue weighted by atomic mass is 32.1. The van der Waals surface area contributed by atoms with E-state index in [-0.39, 0.29) is 0 Å². The lowest BCUT2D eigenvalue weighted by molar-refractivity contribution is 0.787. The van der Waals surface area contributed by atoms with Gasteiger partial charge in [0.1, 0.15) is 22.6 Å². The Hall–Kier alpha value is -4.04. The summed E-state index contributed by atoms with van der Waals surface area (Å²) < 4.78 is 4.16. The number of anilines is 1. The number of benzene rings is 1. The second-order valence-corrected chi connectivity index (χ2v) is 8.25. The molecular weight excluding hydrogens is 406 g/mol. The standard InChI is InChI=1S/C23H17N7S/c24-22-17-10-18(31-23(17)26-13-25-22)21-20(15-6-2-1-3-7-15)27-14-30(21)12-16-11-29-9-5-4-8-19(29)28-16/h1-11,13-14H,12H2,(H2,24,25,26). The third kappa shape index (κ3) is 3.04. The molecule has 7 nitrogen and oxygen atoms in total. The van der Waals surface area contributed by atoms with E-state index >= 15 is 0 Å². The van der Waals surface area contributed by atoms with Crippen LogP contribution < -0.4 is 5.73 Å². The maximum Gasteiger partial charge on any atom is 0.137 e. The molecule has 0 bridgehead atoms. The third-order valence-corrected chi connectivity index (χ3v) is 6.27. The number of aromatic nitrogens is 6. The van der Waals surface area contributed by atoms with Gasteiger partial charge in [-0.15, -0.1) is 11.3 Å². The maximum atomic E-state index is 6.10. The van der Waals surface area contributed by atoms with Crippen LogP contribution in [0.25, 0.3) is 37.7 Å². The average molecular weight is 424 g/mol. The number of thiophene rings is 1. The zero-order chi connectivity index (χ0) is 20.8. The Morgan fingerprint density at radius 3 is 2.68 bits per heavy atom. The van der Waals surface area contributed by atoms with Gasteiger partial charge >= 0.3 is 0 Å². The summed E-state index contributed by atoms with van der Waals surface area (Å²) in [5.74, 6) is 0.486. The molecule has 2 N–H and O–H groups in total. The summed E-state index contributed by atoms with van der Waals surface area (Å²) in [5, 5.41) is 0.863. The predicted molar refractivity (Wildman–Crippen MR) is 123 cm³/mol. The van der Waals surface area contributed by atoms with Crippen LogP contribution in [0.15, 0.2) is 79.6 Å². The van der Waals surface area contributed by atoms with Gasteiger partial charge in [0.15, 0.2) is 0 Å². The maximum absolute atomic E-state index is 6.10. The van der Waals surface area contributed by atoms with Gasteiger partial charge in [-0.3, -0.25) is 0 Å². The van der Waals surface area contributed by atoms with Crippen molar-refractivity contribution in [3.8, 4) is 21.8 Å². The quantitative estimate of drug-likeness (QED) is 0.451. The molecule has 0 saturated heterocycles. The Morgan fingerprint density at radius 2 is 1.84 bits per heavy atom. The molecule has 0 amide bonds. The van der Waals surface area contributed by atoms with Gasteiger partial charge in [-0.05, 0) is 18.2 Å². The van der Waals surface area contributed by atoms with E-state index in [0.29, 0.717) is 12.4 Å².